The molecule has 0 saturated heterocycles. The Morgan fingerprint density at radius 1 is 1.12 bits per heavy atom. The van der Waals surface area contributed by atoms with Crippen LogP contribution in [0.15, 0.2) is 74.3 Å². The number of fused-ring (bicyclic) bond motifs is 1. The molecule has 0 saturated carbocycles. The fraction of sp³-hybridized carbons (Fsp3) is 0. The highest BCUT2D eigenvalue weighted by molar-refractivity contribution is 8.05. The van der Waals surface area contributed by atoms with E-state index in [1.165, 1.54) is 23.9 Å². The van der Waals surface area contributed by atoms with E-state index in [4.69, 9.17) is 4.42 Å². The first-order valence-corrected chi connectivity index (χ1v) is 9.35. The van der Waals surface area contributed by atoms with Gasteiger partial charge in [0.15, 0.2) is 4.34 Å². The minimum atomic E-state index is -0.292. The van der Waals surface area contributed by atoms with Gasteiger partial charge in [-0.25, -0.2) is 9.37 Å². The van der Waals surface area contributed by atoms with E-state index >= 15 is 0 Å². The van der Waals surface area contributed by atoms with E-state index in [0.717, 1.165) is 20.1 Å². The predicted molar refractivity (Wildman–Crippen MR) is 103 cm³/mol. The molecule has 0 aliphatic heterocycles. The molecule has 0 spiro atoms. The van der Waals surface area contributed by atoms with Crippen LogP contribution < -0.4 is 0 Å². The van der Waals surface area contributed by atoms with Crippen molar-refractivity contribution in [3.05, 3.63) is 77.1 Å². The summed E-state index contributed by atoms with van der Waals surface area (Å²) < 4.78 is 20.7. The Morgan fingerprint density at radius 2 is 1.92 bits per heavy atom. The number of rotatable bonds is 4. The molecule has 3 nitrogen and oxygen atoms in total. The van der Waals surface area contributed by atoms with Crippen molar-refractivity contribution in [3.63, 3.8) is 0 Å². The van der Waals surface area contributed by atoms with Crippen molar-refractivity contribution in [1.29, 1.82) is 5.26 Å². The molecule has 126 valence electrons. The number of para-hydroxylation sites is 1. The highest BCUT2D eigenvalue weighted by atomic mass is 32.2. The van der Waals surface area contributed by atoms with E-state index in [1.807, 2.05) is 24.3 Å². The second-order valence-electron chi connectivity index (χ2n) is 5.38. The standard InChI is InChI=1S/C20H11FN2OS2/c21-14-7-5-13(6-8-14)18-10-9-15(24-18)11-16(12-22)25-20-23-17-3-1-2-4-19(17)26-20/h1-11H. The number of thiazole rings is 1. The SMILES string of the molecule is N#CC(=Cc1ccc(-c2ccc(F)cc2)o1)Sc1nc2ccccc2s1. The van der Waals surface area contributed by atoms with Gasteiger partial charge in [-0.3, -0.25) is 0 Å². The highest BCUT2D eigenvalue weighted by Crippen LogP contribution is 2.34. The maximum Gasteiger partial charge on any atom is 0.156 e. The van der Waals surface area contributed by atoms with Crippen LogP contribution in [-0.4, -0.2) is 4.98 Å². The minimum Gasteiger partial charge on any atom is -0.457 e. The molecule has 0 atom stereocenters. The number of halogens is 1. The third kappa shape index (κ3) is 3.54. The fourth-order valence-electron chi connectivity index (χ4n) is 2.40. The van der Waals surface area contributed by atoms with Crippen molar-refractivity contribution < 1.29 is 8.81 Å². The molecular weight excluding hydrogens is 367 g/mol. The van der Waals surface area contributed by atoms with Crippen molar-refractivity contribution in [1.82, 2.24) is 4.98 Å². The Bertz CT molecular complexity index is 1100. The number of nitrogens with zero attached hydrogens (tertiary/aromatic N) is 2. The minimum absolute atomic E-state index is 0.292. The van der Waals surface area contributed by atoms with E-state index in [9.17, 15) is 9.65 Å². The zero-order valence-electron chi connectivity index (χ0n) is 13.3. The highest BCUT2D eigenvalue weighted by Gasteiger charge is 2.09. The molecular formula is C20H11FN2OS2. The van der Waals surface area contributed by atoms with Gasteiger partial charge in [0, 0.05) is 11.6 Å². The van der Waals surface area contributed by atoms with Crippen molar-refractivity contribution in [2.24, 2.45) is 0 Å². The quantitative estimate of drug-likeness (QED) is 0.306. The number of thioether (sulfide) groups is 1. The summed E-state index contributed by atoms with van der Waals surface area (Å²) in [5, 5.41) is 9.43. The average molecular weight is 378 g/mol. The molecule has 0 N–H and O–H groups in total. The Morgan fingerprint density at radius 3 is 2.69 bits per heavy atom. The molecule has 4 rings (SSSR count). The number of allylic oxidation sites excluding steroid dienone is 1. The van der Waals surface area contributed by atoms with Gasteiger partial charge in [0.05, 0.1) is 15.1 Å². The zero-order valence-corrected chi connectivity index (χ0v) is 15.0. The van der Waals surface area contributed by atoms with Crippen LogP contribution in [0.2, 0.25) is 0 Å². The molecule has 0 amide bonds. The second-order valence-corrected chi connectivity index (χ2v) is 7.70. The van der Waals surface area contributed by atoms with Gasteiger partial charge in [-0.1, -0.05) is 12.1 Å². The number of hydrogen-bond donors (Lipinski definition) is 0. The van der Waals surface area contributed by atoms with Crippen LogP contribution in [0.5, 0.6) is 0 Å². The van der Waals surface area contributed by atoms with E-state index < -0.39 is 0 Å². The Balaban J connectivity index is 1.57. The molecule has 0 radical (unpaired) electrons. The van der Waals surface area contributed by atoms with Crippen LogP contribution in [0.3, 0.4) is 0 Å². The van der Waals surface area contributed by atoms with Gasteiger partial charge in [-0.15, -0.1) is 11.3 Å². The Labute approximate surface area is 157 Å². The van der Waals surface area contributed by atoms with Crippen molar-refractivity contribution >= 4 is 39.4 Å². The maximum absolute atomic E-state index is 13.0. The summed E-state index contributed by atoms with van der Waals surface area (Å²) in [5.74, 6) is 0.896. The molecule has 0 aliphatic rings. The Kier molecular flexibility index (Phi) is 4.57. The molecule has 6 heteroatoms. The smallest absolute Gasteiger partial charge is 0.156 e. The number of furan rings is 1. The fourth-order valence-corrected chi connectivity index (χ4v) is 4.36. The monoisotopic (exact) mass is 378 g/mol. The zero-order chi connectivity index (χ0) is 17.9. The first-order valence-electron chi connectivity index (χ1n) is 7.72. The van der Waals surface area contributed by atoms with Gasteiger partial charge in [-0.2, -0.15) is 5.26 Å². The van der Waals surface area contributed by atoms with E-state index in [1.54, 1.807) is 41.7 Å². The van der Waals surface area contributed by atoms with Crippen LogP contribution in [-0.2, 0) is 0 Å². The second kappa shape index (κ2) is 7.16. The van der Waals surface area contributed by atoms with Crippen LogP contribution in [0.1, 0.15) is 5.76 Å². The van der Waals surface area contributed by atoms with Gasteiger partial charge in [0.1, 0.15) is 23.4 Å². The van der Waals surface area contributed by atoms with Gasteiger partial charge in [0.25, 0.3) is 0 Å². The molecule has 2 heterocycles. The lowest BCUT2D eigenvalue weighted by Gasteiger charge is -1.96. The van der Waals surface area contributed by atoms with Crippen molar-refractivity contribution in [3.8, 4) is 17.4 Å². The normalized spacial score (nSPS) is 11.6. The molecule has 0 bridgehead atoms. The summed E-state index contributed by atoms with van der Waals surface area (Å²) in [4.78, 5) is 5.02. The Hall–Kier alpha value is -2.88. The summed E-state index contributed by atoms with van der Waals surface area (Å²) in [6, 6.07) is 19.7. The molecule has 4 aromatic rings. The van der Waals surface area contributed by atoms with Crippen LogP contribution in [0.4, 0.5) is 4.39 Å². The number of aromatic nitrogens is 1. The molecule has 26 heavy (non-hydrogen) atoms. The number of hydrogen-bond acceptors (Lipinski definition) is 5. The molecule has 0 aliphatic carbocycles. The van der Waals surface area contributed by atoms with Crippen molar-refractivity contribution in [2.75, 3.05) is 0 Å². The lowest BCUT2D eigenvalue weighted by molar-refractivity contribution is 0.571. The van der Waals surface area contributed by atoms with E-state index in [2.05, 4.69) is 11.1 Å². The molecule has 2 aromatic carbocycles. The van der Waals surface area contributed by atoms with Crippen LogP contribution in [0.25, 0.3) is 27.6 Å². The van der Waals surface area contributed by atoms with Gasteiger partial charge in [0.2, 0.25) is 0 Å². The summed E-state index contributed by atoms with van der Waals surface area (Å²) >= 11 is 2.86. The van der Waals surface area contributed by atoms with Gasteiger partial charge in [-0.05, 0) is 60.3 Å². The lowest BCUT2D eigenvalue weighted by Crippen LogP contribution is -1.76. The number of nitriles is 1. The molecule has 2 aromatic heterocycles. The topological polar surface area (TPSA) is 49.8 Å². The van der Waals surface area contributed by atoms with E-state index in [0.29, 0.717) is 16.4 Å². The predicted octanol–water partition coefficient (Wildman–Crippen LogP) is 6.35. The maximum atomic E-state index is 13.0. The largest absolute Gasteiger partial charge is 0.457 e. The molecule has 0 fully saturated rings. The first-order chi connectivity index (χ1) is 12.7. The lowest BCUT2D eigenvalue weighted by atomic mass is 10.2. The van der Waals surface area contributed by atoms with Crippen LogP contribution in [0, 0.1) is 17.1 Å². The number of benzene rings is 2. The third-order valence-electron chi connectivity index (χ3n) is 3.61. The summed E-state index contributed by atoms with van der Waals surface area (Å²) in [7, 11) is 0. The van der Waals surface area contributed by atoms with Crippen LogP contribution >= 0.6 is 23.1 Å². The summed E-state index contributed by atoms with van der Waals surface area (Å²) in [5.41, 5.74) is 1.71. The van der Waals surface area contributed by atoms with E-state index in [-0.39, 0.29) is 5.82 Å². The molecule has 0 unspecified atom stereocenters. The summed E-state index contributed by atoms with van der Waals surface area (Å²) in [6.07, 6.45) is 1.68. The average Bonchev–Trinajstić information content (AvgIpc) is 3.28. The first kappa shape index (κ1) is 16.6. The third-order valence-corrected chi connectivity index (χ3v) is 5.64. The van der Waals surface area contributed by atoms with Crippen molar-refractivity contribution in [2.45, 2.75) is 4.34 Å². The summed E-state index contributed by atoms with van der Waals surface area (Å²) in [6.45, 7) is 0. The van der Waals surface area contributed by atoms with Gasteiger partial charge >= 0.3 is 0 Å². The van der Waals surface area contributed by atoms with Gasteiger partial charge < -0.3 is 4.42 Å².